The Morgan fingerprint density at radius 1 is 0.966 bits per heavy atom. The molecule has 0 atom stereocenters. The predicted octanol–water partition coefficient (Wildman–Crippen LogP) is 6.30. The molecule has 4 heteroatoms. The summed E-state index contributed by atoms with van der Waals surface area (Å²) in [6.07, 6.45) is 6.13. The Morgan fingerprint density at radius 2 is 1.76 bits per heavy atom. The SMILES string of the molecule is COc1cccc(Cn2c(C)c(C)c3ccnc(/C=C/c4ccccc4)c32)c1.Cl. The van der Waals surface area contributed by atoms with Gasteiger partial charge in [0.25, 0.3) is 0 Å². The molecule has 0 N–H and O–H groups in total. The number of hydrogen-bond donors (Lipinski definition) is 0. The van der Waals surface area contributed by atoms with E-state index in [1.165, 1.54) is 33.3 Å². The van der Waals surface area contributed by atoms with Gasteiger partial charge in [-0.2, -0.15) is 0 Å². The summed E-state index contributed by atoms with van der Waals surface area (Å²) in [6.45, 7) is 5.15. The van der Waals surface area contributed by atoms with Crippen molar-refractivity contribution in [3.63, 3.8) is 0 Å². The van der Waals surface area contributed by atoms with Crippen molar-refractivity contribution in [3.05, 3.63) is 94.9 Å². The number of benzene rings is 2. The lowest BCUT2D eigenvalue weighted by Crippen LogP contribution is -2.03. The number of aryl methyl sites for hydroxylation is 1. The molecule has 0 spiro atoms. The lowest BCUT2D eigenvalue weighted by molar-refractivity contribution is 0.414. The second-order valence-electron chi connectivity index (χ2n) is 6.98. The fourth-order valence-electron chi connectivity index (χ4n) is 3.63. The first-order chi connectivity index (χ1) is 13.7. The monoisotopic (exact) mass is 404 g/mol. The van der Waals surface area contributed by atoms with Crippen molar-refractivity contribution in [2.45, 2.75) is 20.4 Å². The molecule has 2 aromatic heterocycles. The Balaban J connectivity index is 0.00000240. The van der Waals surface area contributed by atoms with Gasteiger partial charge in [-0.1, -0.05) is 48.5 Å². The molecule has 4 rings (SSSR count). The van der Waals surface area contributed by atoms with Crippen molar-refractivity contribution in [3.8, 4) is 5.75 Å². The molecule has 0 saturated carbocycles. The maximum Gasteiger partial charge on any atom is 0.119 e. The van der Waals surface area contributed by atoms with E-state index in [1.54, 1.807) is 7.11 Å². The molecule has 2 aromatic carbocycles. The van der Waals surface area contributed by atoms with Crippen LogP contribution in [0.4, 0.5) is 0 Å². The number of halogens is 1. The summed E-state index contributed by atoms with van der Waals surface area (Å²) < 4.78 is 7.75. The topological polar surface area (TPSA) is 27.1 Å². The van der Waals surface area contributed by atoms with Crippen molar-refractivity contribution < 1.29 is 4.74 Å². The van der Waals surface area contributed by atoms with Crippen LogP contribution >= 0.6 is 12.4 Å². The van der Waals surface area contributed by atoms with Crippen LogP contribution in [-0.2, 0) is 6.54 Å². The zero-order chi connectivity index (χ0) is 19.5. The Hall–Kier alpha value is -3.04. The summed E-state index contributed by atoms with van der Waals surface area (Å²) in [7, 11) is 1.70. The number of aromatic nitrogens is 2. The van der Waals surface area contributed by atoms with Gasteiger partial charge >= 0.3 is 0 Å². The Bertz CT molecular complexity index is 1150. The number of nitrogens with zero attached hydrogens (tertiary/aromatic N) is 2. The molecule has 0 fully saturated rings. The largest absolute Gasteiger partial charge is 0.497 e. The van der Waals surface area contributed by atoms with Crippen LogP contribution in [0.1, 0.15) is 28.1 Å². The molecule has 0 unspecified atom stereocenters. The second kappa shape index (κ2) is 8.97. The highest BCUT2D eigenvalue weighted by molar-refractivity contribution is 5.92. The maximum atomic E-state index is 5.39. The van der Waals surface area contributed by atoms with Crippen LogP contribution in [0.2, 0.25) is 0 Å². The van der Waals surface area contributed by atoms with E-state index in [4.69, 9.17) is 4.74 Å². The molecule has 4 aromatic rings. The van der Waals surface area contributed by atoms with Crippen molar-refractivity contribution in [2.75, 3.05) is 7.11 Å². The van der Waals surface area contributed by atoms with Crippen molar-refractivity contribution in [1.29, 1.82) is 0 Å². The molecule has 0 aliphatic rings. The lowest BCUT2D eigenvalue weighted by atomic mass is 10.1. The minimum Gasteiger partial charge on any atom is -0.497 e. The first-order valence-corrected chi connectivity index (χ1v) is 9.48. The van der Waals surface area contributed by atoms with Gasteiger partial charge in [0.1, 0.15) is 5.75 Å². The third-order valence-corrected chi connectivity index (χ3v) is 5.28. The number of fused-ring (bicyclic) bond motifs is 1. The number of ether oxygens (including phenoxy) is 1. The Kier molecular flexibility index (Phi) is 6.40. The highest BCUT2D eigenvalue weighted by Crippen LogP contribution is 2.29. The summed E-state index contributed by atoms with van der Waals surface area (Å²) in [5.41, 5.74) is 7.10. The lowest BCUT2D eigenvalue weighted by Gasteiger charge is -2.11. The molecule has 2 heterocycles. The molecular weight excluding hydrogens is 380 g/mol. The van der Waals surface area contributed by atoms with Gasteiger partial charge < -0.3 is 9.30 Å². The van der Waals surface area contributed by atoms with E-state index < -0.39 is 0 Å². The number of hydrogen-bond acceptors (Lipinski definition) is 2. The zero-order valence-electron chi connectivity index (χ0n) is 16.9. The van der Waals surface area contributed by atoms with Gasteiger partial charge in [0.15, 0.2) is 0 Å². The third kappa shape index (κ3) is 4.20. The fourth-order valence-corrected chi connectivity index (χ4v) is 3.63. The van der Waals surface area contributed by atoms with Gasteiger partial charge in [-0.3, -0.25) is 4.98 Å². The fraction of sp³-hybridized carbons (Fsp3) is 0.160. The van der Waals surface area contributed by atoms with Crippen LogP contribution < -0.4 is 4.74 Å². The van der Waals surface area contributed by atoms with Gasteiger partial charge in [-0.25, -0.2) is 0 Å². The normalized spacial score (nSPS) is 11.0. The van der Waals surface area contributed by atoms with E-state index >= 15 is 0 Å². The molecule has 0 saturated heterocycles. The number of methoxy groups -OCH3 is 1. The van der Waals surface area contributed by atoms with Crippen LogP contribution in [0.25, 0.3) is 23.1 Å². The molecule has 0 bridgehead atoms. The molecule has 29 heavy (non-hydrogen) atoms. The van der Waals surface area contributed by atoms with Crippen molar-refractivity contribution in [2.24, 2.45) is 0 Å². The summed E-state index contributed by atoms with van der Waals surface area (Å²) in [5.74, 6) is 0.880. The van der Waals surface area contributed by atoms with Crippen LogP contribution in [0.15, 0.2) is 66.9 Å². The highest BCUT2D eigenvalue weighted by atomic mass is 35.5. The van der Waals surface area contributed by atoms with Crippen LogP contribution in [-0.4, -0.2) is 16.7 Å². The Labute approximate surface area is 178 Å². The minimum absolute atomic E-state index is 0. The van der Waals surface area contributed by atoms with Gasteiger partial charge in [0, 0.05) is 23.8 Å². The van der Waals surface area contributed by atoms with Gasteiger partial charge in [-0.05, 0) is 54.8 Å². The van der Waals surface area contributed by atoms with E-state index in [2.05, 4.69) is 65.9 Å². The molecule has 0 aliphatic carbocycles. The van der Waals surface area contributed by atoms with E-state index in [0.717, 1.165) is 18.0 Å². The Morgan fingerprint density at radius 3 is 2.52 bits per heavy atom. The standard InChI is InChI=1S/C25H24N2O.ClH/c1-18-19(2)27(17-21-10-7-11-22(16-21)28-3)25-23(18)14-15-26-24(25)13-12-20-8-5-4-6-9-20;/h4-16H,17H2,1-3H3;1H/b13-12+;. The molecule has 0 radical (unpaired) electrons. The van der Waals surface area contributed by atoms with E-state index in [-0.39, 0.29) is 12.4 Å². The molecular formula is C25H25ClN2O. The van der Waals surface area contributed by atoms with E-state index in [9.17, 15) is 0 Å². The van der Waals surface area contributed by atoms with E-state index in [1.807, 2.05) is 36.5 Å². The molecule has 3 nitrogen and oxygen atoms in total. The smallest absolute Gasteiger partial charge is 0.119 e. The summed E-state index contributed by atoms with van der Waals surface area (Å²) in [6, 6.07) is 20.7. The van der Waals surface area contributed by atoms with Gasteiger partial charge in [-0.15, -0.1) is 12.4 Å². The molecule has 0 amide bonds. The minimum atomic E-state index is 0. The first-order valence-electron chi connectivity index (χ1n) is 9.48. The van der Waals surface area contributed by atoms with Crippen molar-refractivity contribution >= 4 is 35.5 Å². The predicted molar refractivity (Wildman–Crippen MR) is 124 cm³/mol. The zero-order valence-corrected chi connectivity index (χ0v) is 17.7. The average molecular weight is 405 g/mol. The quantitative estimate of drug-likeness (QED) is 0.390. The maximum absolute atomic E-state index is 5.39. The summed E-state index contributed by atoms with van der Waals surface area (Å²) in [5, 5.41) is 1.25. The van der Waals surface area contributed by atoms with Gasteiger partial charge in [0.05, 0.1) is 18.3 Å². The van der Waals surface area contributed by atoms with Crippen LogP contribution in [0.3, 0.4) is 0 Å². The third-order valence-electron chi connectivity index (χ3n) is 5.28. The van der Waals surface area contributed by atoms with Gasteiger partial charge in [0.2, 0.25) is 0 Å². The number of rotatable bonds is 5. The summed E-state index contributed by atoms with van der Waals surface area (Å²) in [4.78, 5) is 4.68. The van der Waals surface area contributed by atoms with Crippen LogP contribution in [0, 0.1) is 13.8 Å². The molecule has 0 aliphatic heterocycles. The van der Waals surface area contributed by atoms with Crippen molar-refractivity contribution in [1.82, 2.24) is 9.55 Å². The number of pyridine rings is 1. The molecule has 148 valence electrons. The first kappa shape index (κ1) is 20.7. The summed E-state index contributed by atoms with van der Waals surface area (Å²) >= 11 is 0. The highest BCUT2D eigenvalue weighted by Gasteiger charge is 2.14. The van der Waals surface area contributed by atoms with Crippen LogP contribution in [0.5, 0.6) is 5.75 Å². The van der Waals surface area contributed by atoms with E-state index in [0.29, 0.717) is 0 Å². The average Bonchev–Trinajstić information content (AvgIpc) is 2.98. The second-order valence-corrected chi connectivity index (χ2v) is 6.98.